The Bertz CT molecular complexity index is 963. The number of aryl methyl sites for hydroxylation is 1. The van der Waals surface area contributed by atoms with Crippen LogP contribution in [0.4, 0.5) is 5.69 Å². The third-order valence-electron chi connectivity index (χ3n) is 4.05. The first-order chi connectivity index (χ1) is 11.5. The predicted octanol–water partition coefficient (Wildman–Crippen LogP) is 4.12. The van der Waals surface area contributed by atoms with Gasteiger partial charge in [0.1, 0.15) is 0 Å². The Kier molecular flexibility index (Phi) is 4.05. The van der Waals surface area contributed by atoms with E-state index >= 15 is 0 Å². The van der Waals surface area contributed by atoms with Crippen molar-refractivity contribution in [3.05, 3.63) is 58.8 Å². The van der Waals surface area contributed by atoms with Crippen molar-refractivity contribution in [1.29, 1.82) is 5.26 Å². The fraction of sp³-hybridized carbons (Fsp3) is 0.211. The van der Waals surface area contributed by atoms with E-state index in [9.17, 15) is 10.1 Å². The number of nitriles is 1. The first-order valence-corrected chi connectivity index (χ1v) is 7.80. The molecule has 3 aromatic rings. The van der Waals surface area contributed by atoms with Crippen LogP contribution in [-0.2, 0) is 0 Å². The Morgan fingerprint density at radius 1 is 1.29 bits per heavy atom. The molecule has 5 nitrogen and oxygen atoms in total. The molecular weight excluding hydrogens is 300 g/mol. The topological polar surface area (TPSA) is 81.6 Å². The number of benzene rings is 2. The minimum Gasteiger partial charge on any atom is -0.322 e. The smallest absolute Gasteiger partial charge is 0.255 e. The maximum atomic E-state index is 12.7. The second-order valence-corrected chi connectivity index (χ2v) is 6.07. The van der Waals surface area contributed by atoms with Gasteiger partial charge >= 0.3 is 0 Å². The van der Waals surface area contributed by atoms with Gasteiger partial charge in [-0.15, -0.1) is 0 Å². The fourth-order valence-corrected chi connectivity index (χ4v) is 2.90. The first-order valence-electron chi connectivity index (χ1n) is 7.80. The number of nitrogens with one attached hydrogen (secondary N) is 2. The summed E-state index contributed by atoms with van der Waals surface area (Å²) in [6.07, 6.45) is 0. The molecule has 0 spiro atoms. The highest BCUT2D eigenvalue weighted by molar-refractivity contribution is 6.06. The fourth-order valence-electron chi connectivity index (χ4n) is 2.90. The molecule has 0 aliphatic heterocycles. The van der Waals surface area contributed by atoms with Gasteiger partial charge in [0.15, 0.2) is 0 Å². The summed E-state index contributed by atoms with van der Waals surface area (Å²) >= 11 is 0. The molecule has 0 fully saturated rings. The van der Waals surface area contributed by atoms with Crippen molar-refractivity contribution >= 4 is 22.5 Å². The molecule has 120 valence electrons. The SMILES string of the molecule is Cc1[nH]nc2ccc(NC(=O)c3cccc(C#N)c3C(C)C)cc12. The summed E-state index contributed by atoms with van der Waals surface area (Å²) < 4.78 is 0. The molecule has 0 radical (unpaired) electrons. The van der Waals surface area contributed by atoms with Crippen LogP contribution in [0.3, 0.4) is 0 Å². The van der Waals surface area contributed by atoms with E-state index in [-0.39, 0.29) is 11.8 Å². The normalized spacial score (nSPS) is 10.8. The van der Waals surface area contributed by atoms with Gasteiger partial charge in [0, 0.05) is 22.3 Å². The van der Waals surface area contributed by atoms with Crippen molar-refractivity contribution in [3.8, 4) is 6.07 Å². The summed E-state index contributed by atoms with van der Waals surface area (Å²) in [4.78, 5) is 12.7. The minimum absolute atomic E-state index is 0.0835. The van der Waals surface area contributed by atoms with E-state index in [1.807, 2.05) is 39.0 Å². The van der Waals surface area contributed by atoms with Crippen molar-refractivity contribution in [2.24, 2.45) is 0 Å². The molecule has 1 heterocycles. The summed E-state index contributed by atoms with van der Waals surface area (Å²) in [5.41, 5.74) is 4.37. The Labute approximate surface area is 140 Å². The number of nitrogens with zero attached hydrogens (tertiary/aromatic N) is 2. The van der Waals surface area contributed by atoms with Crippen LogP contribution in [0.2, 0.25) is 0 Å². The molecule has 0 bridgehead atoms. The standard InChI is InChI=1S/C19H18N4O/c1-11(2)18-13(10-20)5-4-6-15(18)19(24)21-14-7-8-17-16(9-14)12(3)22-23-17/h4-9,11H,1-3H3,(H,21,24)(H,22,23). The summed E-state index contributed by atoms with van der Waals surface area (Å²) in [5, 5.41) is 20.3. The number of fused-ring (bicyclic) bond motifs is 1. The number of hydrogen-bond donors (Lipinski definition) is 2. The largest absolute Gasteiger partial charge is 0.322 e. The van der Waals surface area contributed by atoms with Gasteiger partial charge in [-0.1, -0.05) is 19.9 Å². The number of H-pyrrole nitrogens is 1. The lowest BCUT2D eigenvalue weighted by atomic mass is 9.92. The van der Waals surface area contributed by atoms with Crippen LogP contribution in [0.5, 0.6) is 0 Å². The number of carbonyl (C=O) groups excluding carboxylic acids is 1. The summed E-state index contributed by atoms with van der Waals surface area (Å²) in [6.45, 7) is 5.90. The van der Waals surface area contributed by atoms with Gasteiger partial charge in [-0.25, -0.2) is 0 Å². The molecule has 24 heavy (non-hydrogen) atoms. The van der Waals surface area contributed by atoms with E-state index in [0.29, 0.717) is 16.8 Å². The van der Waals surface area contributed by atoms with Crippen molar-refractivity contribution in [2.45, 2.75) is 26.7 Å². The number of aromatic nitrogens is 2. The van der Waals surface area contributed by atoms with Crippen LogP contribution < -0.4 is 5.32 Å². The van der Waals surface area contributed by atoms with Crippen LogP contribution in [-0.4, -0.2) is 16.1 Å². The van der Waals surface area contributed by atoms with E-state index < -0.39 is 0 Å². The van der Waals surface area contributed by atoms with Crippen LogP contribution in [0.15, 0.2) is 36.4 Å². The van der Waals surface area contributed by atoms with Crippen LogP contribution in [0, 0.1) is 18.3 Å². The zero-order valence-corrected chi connectivity index (χ0v) is 13.8. The zero-order chi connectivity index (χ0) is 17.3. The second kappa shape index (κ2) is 6.17. The highest BCUT2D eigenvalue weighted by atomic mass is 16.1. The molecule has 0 saturated carbocycles. The van der Waals surface area contributed by atoms with Gasteiger partial charge in [-0.3, -0.25) is 9.89 Å². The second-order valence-electron chi connectivity index (χ2n) is 6.07. The van der Waals surface area contributed by atoms with E-state index in [1.54, 1.807) is 18.2 Å². The molecule has 2 N–H and O–H groups in total. The highest BCUT2D eigenvalue weighted by Crippen LogP contribution is 2.25. The Morgan fingerprint density at radius 2 is 2.08 bits per heavy atom. The molecule has 0 aliphatic carbocycles. The molecular formula is C19H18N4O. The number of anilines is 1. The van der Waals surface area contributed by atoms with E-state index in [4.69, 9.17) is 0 Å². The summed E-state index contributed by atoms with van der Waals surface area (Å²) in [6, 6.07) is 13.0. The average molecular weight is 318 g/mol. The van der Waals surface area contributed by atoms with Gasteiger partial charge < -0.3 is 5.32 Å². The molecule has 5 heteroatoms. The zero-order valence-electron chi connectivity index (χ0n) is 13.8. The van der Waals surface area contributed by atoms with Gasteiger partial charge in [-0.05, 0) is 48.7 Å². The number of aromatic amines is 1. The third-order valence-corrected chi connectivity index (χ3v) is 4.05. The number of carbonyl (C=O) groups is 1. The minimum atomic E-state index is -0.212. The Hall–Kier alpha value is -3.13. The summed E-state index contributed by atoms with van der Waals surface area (Å²) in [7, 11) is 0. The lowest BCUT2D eigenvalue weighted by molar-refractivity contribution is 0.102. The van der Waals surface area contributed by atoms with Crippen molar-refractivity contribution in [3.63, 3.8) is 0 Å². The summed E-state index contributed by atoms with van der Waals surface area (Å²) in [5.74, 6) is -0.128. The van der Waals surface area contributed by atoms with Crippen molar-refractivity contribution < 1.29 is 4.79 Å². The Morgan fingerprint density at radius 3 is 2.79 bits per heavy atom. The number of rotatable bonds is 3. The molecule has 2 aromatic carbocycles. The maximum Gasteiger partial charge on any atom is 0.255 e. The third kappa shape index (κ3) is 2.74. The Balaban J connectivity index is 1.97. The molecule has 0 unspecified atom stereocenters. The quantitative estimate of drug-likeness (QED) is 0.762. The first kappa shape index (κ1) is 15.8. The molecule has 0 saturated heterocycles. The molecule has 1 amide bonds. The maximum absolute atomic E-state index is 12.7. The highest BCUT2D eigenvalue weighted by Gasteiger charge is 2.17. The van der Waals surface area contributed by atoms with Gasteiger partial charge in [0.2, 0.25) is 0 Å². The van der Waals surface area contributed by atoms with Crippen molar-refractivity contribution in [1.82, 2.24) is 10.2 Å². The monoisotopic (exact) mass is 318 g/mol. The number of hydrogen-bond acceptors (Lipinski definition) is 3. The van der Waals surface area contributed by atoms with Crippen LogP contribution in [0.1, 0.15) is 46.9 Å². The van der Waals surface area contributed by atoms with E-state index in [2.05, 4.69) is 21.6 Å². The van der Waals surface area contributed by atoms with Crippen molar-refractivity contribution in [2.75, 3.05) is 5.32 Å². The van der Waals surface area contributed by atoms with E-state index in [1.165, 1.54) is 0 Å². The van der Waals surface area contributed by atoms with Gasteiger partial charge in [-0.2, -0.15) is 10.4 Å². The van der Waals surface area contributed by atoms with Gasteiger partial charge in [0.05, 0.1) is 17.1 Å². The molecule has 1 aromatic heterocycles. The van der Waals surface area contributed by atoms with Crippen LogP contribution >= 0.6 is 0 Å². The predicted molar refractivity (Wildman–Crippen MR) is 94.0 cm³/mol. The molecule has 3 rings (SSSR count). The lowest BCUT2D eigenvalue weighted by Gasteiger charge is -2.14. The van der Waals surface area contributed by atoms with Crippen LogP contribution in [0.25, 0.3) is 10.9 Å². The molecule has 0 atom stereocenters. The number of amides is 1. The lowest BCUT2D eigenvalue weighted by Crippen LogP contribution is -2.15. The van der Waals surface area contributed by atoms with E-state index in [0.717, 1.165) is 22.2 Å². The average Bonchev–Trinajstić information content (AvgIpc) is 2.94. The molecule has 0 aliphatic rings. The van der Waals surface area contributed by atoms with Gasteiger partial charge in [0.25, 0.3) is 5.91 Å².